The van der Waals surface area contributed by atoms with Crippen LogP contribution < -0.4 is 4.74 Å². The summed E-state index contributed by atoms with van der Waals surface area (Å²) in [6.45, 7) is 2.26. The predicted octanol–water partition coefficient (Wildman–Crippen LogP) is 4.00. The van der Waals surface area contributed by atoms with E-state index in [1.807, 2.05) is 12.1 Å². The first-order valence-electron chi connectivity index (χ1n) is 6.14. The summed E-state index contributed by atoms with van der Waals surface area (Å²) in [5.74, 6) is 1.56. The zero-order chi connectivity index (χ0) is 11.7. The summed E-state index contributed by atoms with van der Waals surface area (Å²) in [5.41, 5.74) is 2.60. The maximum absolute atomic E-state index is 6.13. The van der Waals surface area contributed by atoms with Crippen LogP contribution in [0.4, 0.5) is 0 Å². The van der Waals surface area contributed by atoms with Crippen LogP contribution in [0.1, 0.15) is 24.2 Å². The third kappa shape index (κ3) is 1.93. The topological polar surface area (TPSA) is 9.23 Å². The van der Waals surface area contributed by atoms with Gasteiger partial charge in [0.15, 0.2) is 0 Å². The normalized spacial score (nSPS) is 22.6. The molecule has 1 heteroatoms. The zero-order valence-corrected chi connectivity index (χ0v) is 9.97. The fraction of sp³-hybridized carbons (Fsp3) is 0.250. The van der Waals surface area contributed by atoms with E-state index >= 15 is 0 Å². The molecule has 0 fully saturated rings. The monoisotopic (exact) mass is 224 g/mol. The number of benzene rings is 2. The highest BCUT2D eigenvalue weighted by molar-refractivity contribution is 5.37. The molecule has 1 aliphatic rings. The van der Waals surface area contributed by atoms with Crippen molar-refractivity contribution < 1.29 is 4.74 Å². The fourth-order valence-corrected chi connectivity index (χ4v) is 2.53. The van der Waals surface area contributed by atoms with Crippen LogP contribution in [0, 0.1) is 5.92 Å². The number of hydrogen-bond donors (Lipinski definition) is 0. The summed E-state index contributed by atoms with van der Waals surface area (Å²) in [5, 5.41) is 0. The van der Waals surface area contributed by atoms with Gasteiger partial charge in [-0.2, -0.15) is 0 Å². The molecule has 0 amide bonds. The highest BCUT2D eigenvalue weighted by Gasteiger charge is 2.27. The lowest BCUT2D eigenvalue weighted by molar-refractivity contribution is 0.123. The van der Waals surface area contributed by atoms with E-state index in [4.69, 9.17) is 4.74 Å². The second-order valence-corrected chi connectivity index (χ2v) is 4.74. The Labute approximate surface area is 102 Å². The van der Waals surface area contributed by atoms with Gasteiger partial charge in [0.25, 0.3) is 0 Å². The first kappa shape index (κ1) is 10.4. The molecule has 2 aromatic rings. The lowest BCUT2D eigenvalue weighted by Crippen LogP contribution is -2.23. The van der Waals surface area contributed by atoms with Gasteiger partial charge in [0.1, 0.15) is 11.9 Å². The van der Waals surface area contributed by atoms with Gasteiger partial charge in [-0.15, -0.1) is 0 Å². The molecule has 3 rings (SSSR count). The minimum Gasteiger partial charge on any atom is -0.485 e. The van der Waals surface area contributed by atoms with Crippen molar-refractivity contribution in [2.24, 2.45) is 5.92 Å². The van der Waals surface area contributed by atoms with Crippen LogP contribution in [0.5, 0.6) is 5.75 Å². The Bertz CT molecular complexity index is 504. The second-order valence-electron chi connectivity index (χ2n) is 4.74. The van der Waals surface area contributed by atoms with Crippen molar-refractivity contribution >= 4 is 0 Å². The minimum atomic E-state index is 0.186. The van der Waals surface area contributed by atoms with Crippen LogP contribution in [0.3, 0.4) is 0 Å². The quantitative estimate of drug-likeness (QED) is 0.711. The first-order chi connectivity index (χ1) is 8.34. The Morgan fingerprint density at radius 2 is 1.65 bits per heavy atom. The van der Waals surface area contributed by atoms with E-state index in [-0.39, 0.29) is 6.10 Å². The molecule has 0 radical (unpaired) electrons. The summed E-state index contributed by atoms with van der Waals surface area (Å²) < 4.78 is 6.13. The van der Waals surface area contributed by atoms with Crippen LogP contribution in [-0.4, -0.2) is 0 Å². The van der Waals surface area contributed by atoms with Crippen molar-refractivity contribution in [2.75, 3.05) is 0 Å². The Kier molecular flexibility index (Phi) is 2.60. The molecule has 0 bridgehead atoms. The van der Waals surface area contributed by atoms with Crippen molar-refractivity contribution in [2.45, 2.75) is 19.4 Å². The van der Waals surface area contributed by atoms with E-state index < -0.39 is 0 Å². The van der Waals surface area contributed by atoms with Crippen LogP contribution in [0.25, 0.3) is 0 Å². The van der Waals surface area contributed by atoms with Crippen molar-refractivity contribution in [3.05, 3.63) is 65.7 Å². The fourth-order valence-electron chi connectivity index (χ4n) is 2.53. The molecule has 2 atom stereocenters. The SMILES string of the molecule is C[C@@H]1Cc2ccccc2O[C@@H]1c1ccccc1. The summed E-state index contributed by atoms with van der Waals surface area (Å²) in [4.78, 5) is 0. The predicted molar refractivity (Wildman–Crippen MR) is 69.1 cm³/mol. The van der Waals surface area contributed by atoms with E-state index in [2.05, 4.69) is 49.4 Å². The molecule has 0 aliphatic carbocycles. The van der Waals surface area contributed by atoms with Crippen molar-refractivity contribution in [3.8, 4) is 5.75 Å². The summed E-state index contributed by atoms with van der Waals surface area (Å²) in [6, 6.07) is 18.8. The van der Waals surface area contributed by atoms with Crippen molar-refractivity contribution in [3.63, 3.8) is 0 Å². The largest absolute Gasteiger partial charge is 0.485 e. The number of ether oxygens (including phenoxy) is 1. The molecule has 17 heavy (non-hydrogen) atoms. The van der Waals surface area contributed by atoms with Gasteiger partial charge in [-0.1, -0.05) is 55.5 Å². The van der Waals surface area contributed by atoms with Gasteiger partial charge in [0.05, 0.1) is 0 Å². The molecule has 0 spiro atoms. The van der Waals surface area contributed by atoms with Gasteiger partial charge in [-0.05, 0) is 23.6 Å². The highest BCUT2D eigenvalue weighted by Crippen LogP contribution is 2.38. The molecule has 1 nitrogen and oxygen atoms in total. The van der Waals surface area contributed by atoms with Gasteiger partial charge in [0, 0.05) is 5.92 Å². The molecule has 0 saturated carbocycles. The van der Waals surface area contributed by atoms with Crippen LogP contribution in [0.15, 0.2) is 54.6 Å². The van der Waals surface area contributed by atoms with Gasteiger partial charge >= 0.3 is 0 Å². The molecule has 0 unspecified atom stereocenters. The second kappa shape index (κ2) is 4.25. The standard InChI is InChI=1S/C16H16O/c1-12-11-14-9-5-6-10-15(14)17-16(12)13-7-3-2-4-8-13/h2-10,12,16H,11H2,1H3/t12-,16+/m1/s1. The third-order valence-electron chi connectivity index (χ3n) is 3.41. The van der Waals surface area contributed by atoms with E-state index in [1.54, 1.807) is 0 Å². The Morgan fingerprint density at radius 1 is 0.941 bits per heavy atom. The zero-order valence-electron chi connectivity index (χ0n) is 9.97. The molecule has 1 aliphatic heterocycles. The molecule has 0 aromatic heterocycles. The Balaban J connectivity index is 1.95. The molecular formula is C16H16O. The summed E-state index contributed by atoms with van der Waals surface area (Å²) in [6.07, 6.45) is 1.28. The average Bonchev–Trinajstić information content (AvgIpc) is 2.39. The van der Waals surface area contributed by atoms with Gasteiger partial charge in [-0.3, -0.25) is 0 Å². The van der Waals surface area contributed by atoms with E-state index in [0.29, 0.717) is 5.92 Å². The minimum absolute atomic E-state index is 0.186. The number of rotatable bonds is 1. The molecule has 1 heterocycles. The van der Waals surface area contributed by atoms with Crippen molar-refractivity contribution in [1.82, 2.24) is 0 Å². The molecule has 0 N–H and O–H groups in total. The number of fused-ring (bicyclic) bond motifs is 1. The lowest BCUT2D eigenvalue weighted by atomic mass is 9.88. The maximum atomic E-state index is 6.13. The van der Waals surface area contributed by atoms with Gasteiger partial charge < -0.3 is 4.74 Å². The average molecular weight is 224 g/mol. The molecule has 86 valence electrons. The van der Waals surface area contributed by atoms with Gasteiger partial charge in [0.2, 0.25) is 0 Å². The van der Waals surface area contributed by atoms with Crippen LogP contribution >= 0.6 is 0 Å². The molecule has 0 saturated heterocycles. The maximum Gasteiger partial charge on any atom is 0.127 e. The lowest BCUT2D eigenvalue weighted by Gasteiger charge is -2.31. The van der Waals surface area contributed by atoms with E-state index in [0.717, 1.165) is 12.2 Å². The van der Waals surface area contributed by atoms with Gasteiger partial charge in [-0.25, -0.2) is 0 Å². The Morgan fingerprint density at radius 3 is 2.47 bits per heavy atom. The Hall–Kier alpha value is -1.76. The highest BCUT2D eigenvalue weighted by atomic mass is 16.5. The van der Waals surface area contributed by atoms with E-state index in [9.17, 15) is 0 Å². The van der Waals surface area contributed by atoms with Crippen LogP contribution in [-0.2, 0) is 6.42 Å². The first-order valence-corrected chi connectivity index (χ1v) is 6.14. The van der Waals surface area contributed by atoms with Crippen LogP contribution in [0.2, 0.25) is 0 Å². The summed E-state index contributed by atoms with van der Waals surface area (Å²) in [7, 11) is 0. The smallest absolute Gasteiger partial charge is 0.127 e. The summed E-state index contributed by atoms with van der Waals surface area (Å²) >= 11 is 0. The number of hydrogen-bond acceptors (Lipinski definition) is 1. The van der Waals surface area contributed by atoms with E-state index in [1.165, 1.54) is 11.1 Å². The number of para-hydroxylation sites is 1. The molecule has 2 aromatic carbocycles. The van der Waals surface area contributed by atoms with Crippen molar-refractivity contribution in [1.29, 1.82) is 0 Å². The molecular weight excluding hydrogens is 208 g/mol. The third-order valence-corrected chi connectivity index (χ3v) is 3.41.